The number of methoxy groups -OCH3 is 1. The van der Waals surface area contributed by atoms with Gasteiger partial charge in [0.15, 0.2) is 5.78 Å². The van der Waals surface area contributed by atoms with Gasteiger partial charge in [-0.3, -0.25) is 4.79 Å². The van der Waals surface area contributed by atoms with Crippen LogP contribution in [-0.4, -0.2) is 37.9 Å². The lowest BCUT2D eigenvalue weighted by molar-refractivity contribution is 0.0882. The first-order valence-corrected chi connectivity index (χ1v) is 9.95. The van der Waals surface area contributed by atoms with E-state index in [2.05, 4.69) is 50.2 Å². The number of ether oxygens (including phenoxy) is 1. The van der Waals surface area contributed by atoms with Gasteiger partial charge in [-0.05, 0) is 50.7 Å². The lowest BCUT2D eigenvalue weighted by Gasteiger charge is -2.38. The summed E-state index contributed by atoms with van der Waals surface area (Å²) in [5, 5.41) is 0. The molecule has 0 saturated heterocycles. The third-order valence-corrected chi connectivity index (χ3v) is 5.74. The van der Waals surface area contributed by atoms with E-state index < -0.39 is 5.41 Å². The molecule has 3 nitrogen and oxygen atoms in total. The van der Waals surface area contributed by atoms with Gasteiger partial charge in [-0.25, -0.2) is 0 Å². The Balaban J connectivity index is 2.27. The van der Waals surface area contributed by atoms with Crippen LogP contribution < -0.4 is 4.74 Å². The van der Waals surface area contributed by atoms with Crippen LogP contribution in [0, 0.1) is 0 Å². The summed E-state index contributed by atoms with van der Waals surface area (Å²) in [7, 11) is 5.74. The van der Waals surface area contributed by atoms with Crippen LogP contribution in [0.15, 0.2) is 84.9 Å². The minimum absolute atomic E-state index is 0.0856. The number of hydrogen-bond acceptors (Lipinski definition) is 3. The number of hydrogen-bond donors (Lipinski definition) is 0. The Morgan fingerprint density at radius 1 is 0.897 bits per heavy atom. The number of carbonyl (C=O) groups is 1. The molecule has 3 aromatic rings. The predicted molar refractivity (Wildman–Crippen MR) is 119 cm³/mol. The van der Waals surface area contributed by atoms with Crippen LogP contribution in [0.1, 0.15) is 34.8 Å². The van der Waals surface area contributed by atoms with Gasteiger partial charge in [-0.15, -0.1) is 0 Å². The average molecular weight is 388 g/mol. The molecule has 0 aromatic heterocycles. The Morgan fingerprint density at radius 2 is 1.45 bits per heavy atom. The molecule has 0 heterocycles. The van der Waals surface area contributed by atoms with Crippen LogP contribution in [0.25, 0.3) is 0 Å². The Morgan fingerprint density at radius 3 is 1.93 bits per heavy atom. The van der Waals surface area contributed by atoms with Gasteiger partial charge in [0.05, 0.1) is 12.5 Å². The molecule has 3 aromatic carbocycles. The molecule has 150 valence electrons. The molecule has 0 spiro atoms. The molecule has 0 fully saturated rings. The zero-order valence-corrected chi connectivity index (χ0v) is 17.6. The SMILES string of the molecule is COc1cccc(C(=O)C(C[C@H](C)N(C)C)(c2ccccc2)c2ccccc2)c1. The number of nitrogens with zero attached hydrogens (tertiary/aromatic N) is 1. The lowest BCUT2D eigenvalue weighted by Crippen LogP contribution is -2.43. The first-order chi connectivity index (χ1) is 14.0. The number of rotatable bonds is 8. The second-order valence-electron chi connectivity index (χ2n) is 7.72. The summed E-state index contributed by atoms with van der Waals surface area (Å²) in [4.78, 5) is 16.4. The Kier molecular flexibility index (Phi) is 6.50. The van der Waals surface area contributed by atoms with Crippen molar-refractivity contribution >= 4 is 5.78 Å². The van der Waals surface area contributed by atoms with Gasteiger partial charge in [0.1, 0.15) is 5.75 Å². The molecule has 0 bridgehead atoms. The van der Waals surface area contributed by atoms with Crippen molar-refractivity contribution in [3.8, 4) is 5.75 Å². The Bertz CT molecular complexity index is 896. The van der Waals surface area contributed by atoms with E-state index in [1.54, 1.807) is 7.11 Å². The van der Waals surface area contributed by atoms with Crippen molar-refractivity contribution in [3.05, 3.63) is 102 Å². The van der Waals surface area contributed by atoms with Crippen LogP contribution in [0.4, 0.5) is 0 Å². The summed E-state index contributed by atoms with van der Waals surface area (Å²) in [6.45, 7) is 2.17. The highest BCUT2D eigenvalue weighted by atomic mass is 16.5. The van der Waals surface area contributed by atoms with Gasteiger partial charge in [0, 0.05) is 11.6 Å². The highest BCUT2D eigenvalue weighted by Gasteiger charge is 2.43. The van der Waals surface area contributed by atoms with E-state index in [4.69, 9.17) is 4.74 Å². The highest BCUT2D eigenvalue weighted by Crippen LogP contribution is 2.41. The molecule has 0 amide bonds. The minimum atomic E-state index is -0.793. The summed E-state index contributed by atoms with van der Waals surface area (Å²) in [6.07, 6.45) is 0.671. The van der Waals surface area contributed by atoms with Gasteiger partial charge in [0.2, 0.25) is 0 Å². The molecule has 0 saturated carbocycles. The Labute approximate surface area is 174 Å². The molecule has 0 aliphatic heterocycles. The maximum atomic E-state index is 14.2. The van der Waals surface area contributed by atoms with E-state index in [0.29, 0.717) is 17.7 Å². The molecule has 0 unspecified atom stereocenters. The Hall–Kier alpha value is -2.91. The molecule has 3 heteroatoms. The van der Waals surface area contributed by atoms with Crippen molar-refractivity contribution in [2.45, 2.75) is 24.8 Å². The van der Waals surface area contributed by atoms with E-state index in [0.717, 1.165) is 11.1 Å². The van der Waals surface area contributed by atoms with Crippen molar-refractivity contribution < 1.29 is 9.53 Å². The maximum Gasteiger partial charge on any atom is 0.177 e. The fourth-order valence-electron chi connectivity index (χ4n) is 3.84. The molecule has 1 atom stereocenters. The van der Waals surface area contributed by atoms with Gasteiger partial charge in [-0.1, -0.05) is 72.8 Å². The monoisotopic (exact) mass is 387 g/mol. The number of ketones is 1. The second-order valence-corrected chi connectivity index (χ2v) is 7.72. The van der Waals surface area contributed by atoms with Gasteiger partial charge < -0.3 is 9.64 Å². The van der Waals surface area contributed by atoms with Gasteiger partial charge in [0.25, 0.3) is 0 Å². The zero-order chi connectivity index (χ0) is 20.9. The fraction of sp³-hybridized carbons (Fsp3) is 0.269. The van der Waals surface area contributed by atoms with Crippen LogP contribution >= 0.6 is 0 Å². The van der Waals surface area contributed by atoms with Crippen LogP contribution in [0.5, 0.6) is 5.75 Å². The van der Waals surface area contributed by atoms with E-state index in [1.165, 1.54) is 0 Å². The molecule has 0 aliphatic carbocycles. The first-order valence-electron chi connectivity index (χ1n) is 9.95. The van der Waals surface area contributed by atoms with E-state index >= 15 is 0 Å². The first kappa shape index (κ1) is 20.8. The summed E-state index contributed by atoms with van der Waals surface area (Å²) < 4.78 is 5.39. The van der Waals surface area contributed by atoms with Crippen molar-refractivity contribution in [3.63, 3.8) is 0 Å². The zero-order valence-electron chi connectivity index (χ0n) is 17.6. The summed E-state index contributed by atoms with van der Waals surface area (Å²) in [6, 6.07) is 27.9. The van der Waals surface area contributed by atoms with Crippen molar-refractivity contribution in [1.82, 2.24) is 4.90 Å². The molecular weight excluding hydrogens is 358 g/mol. The quantitative estimate of drug-likeness (QED) is 0.497. The second kappa shape index (κ2) is 9.06. The summed E-state index contributed by atoms with van der Waals surface area (Å²) >= 11 is 0. The van der Waals surface area contributed by atoms with E-state index in [9.17, 15) is 4.79 Å². The van der Waals surface area contributed by atoms with Crippen LogP contribution in [-0.2, 0) is 5.41 Å². The molecule has 3 rings (SSSR count). The summed E-state index contributed by atoms with van der Waals surface area (Å²) in [5.74, 6) is 0.772. The van der Waals surface area contributed by atoms with Crippen molar-refractivity contribution in [2.75, 3.05) is 21.2 Å². The molecule has 0 aliphatic rings. The molecule has 29 heavy (non-hydrogen) atoms. The molecular formula is C26H29NO2. The molecule has 0 radical (unpaired) electrons. The third-order valence-electron chi connectivity index (χ3n) is 5.74. The highest BCUT2D eigenvalue weighted by molar-refractivity contribution is 6.06. The van der Waals surface area contributed by atoms with E-state index in [1.807, 2.05) is 60.7 Å². The smallest absolute Gasteiger partial charge is 0.177 e. The average Bonchev–Trinajstić information content (AvgIpc) is 2.78. The largest absolute Gasteiger partial charge is 0.497 e. The summed E-state index contributed by atoms with van der Waals surface area (Å²) in [5.41, 5.74) is 1.88. The predicted octanol–water partition coefficient (Wildman–Crippen LogP) is 5.20. The maximum absolute atomic E-state index is 14.2. The topological polar surface area (TPSA) is 29.5 Å². The lowest BCUT2D eigenvalue weighted by atomic mass is 9.66. The minimum Gasteiger partial charge on any atom is -0.497 e. The van der Waals surface area contributed by atoms with Gasteiger partial charge in [-0.2, -0.15) is 0 Å². The van der Waals surface area contributed by atoms with Gasteiger partial charge >= 0.3 is 0 Å². The van der Waals surface area contributed by atoms with Crippen molar-refractivity contribution in [2.24, 2.45) is 0 Å². The van der Waals surface area contributed by atoms with E-state index in [-0.39, 0.29) is 11.8 Å². The number of Topliss-reactive ketones (excluding diaryl/α,β-unsaturated/α-hetero) is 1. The van der Waals surface area contributed by atoms with Crippen LogP contribution in [0.2, 0.25) is 0 Å². The molecule has 0 N–H and O–H groups in total. The normalized spacial score (nSPS) is 12.6. The fourth-order valence-corrected chi connectivity index (χ4v) is 3.84. The third kappa shape index (κ3) is 4.25. The number of benzene rings is 3. The number of carbonyl (C=O) groups excluding carboxylic acids is 1. The van der Waals surface area contributed by atoms with Crippen molar-refractivity contribution in [1.29, 1.82) is 0 Å². The van der Waals surface area contributed by atoms with Crippen LogP contribution in [0.3, 0.4) is 0 Å². The standard InChI is InChI=1S/C26H29NO2/c1-20(27(2)3)19-26(22-13-7-5-8-14-22,23-15-9-6-10-16-23)25(28)21-12-11-17-24(18-21)29-4/h5-18,20H,19H2,1-4H3/t20-/m0/s1.